The van der Waals surface area contributed by atoms with Gasteiger partial charge in [-0.25, -0.2) is 4.79 Å². The van der Waals surface area contributed by atoms with Gasteiger partial charge >= 0.3 is 6.03 Å². The van der Waals surface area contributed by atoms with Gasteiger partial charge in [-0.1, -0.05) is 19.1 Å². The van der Waals surface area contributed by atoms with Gasteiger partial charge in [0.1, 0.15) is 5.75 Å². The first-order valence-electron chi connectivity index (χ1n) is 8.09. The van der Waals surface area contributed by atoms with E-state index >= 15 is 0 Å². The molecule has 2 rings (SSSR count). The van der Waals surface area contributed by atoms with Gasteiger partial charge in [0, 0.05) is 13.1 Å². The zero-order valence-corrected chi connectivity index (χ0v) is 13.6. The molecular weight excluding hydrogens is 278 g/mol. The van der Waals surface area contributed by atoms with E-state index in [1.54, 1.807) is 7.11 Å². The Morgan fingerprint density at radius 2 is 2.23 bits per heavy atom. The Morgan fingerprint density at radius 3 is 3.00 bits per heavy atom. The number of rotatable bonds is 6. The lowest BCUT2D eigenvalue weighted by atomic mass is 10.0. The largest absolute Gasteiger partial charge is 0.495 e. The molecule has 1 aromatic rings. The van der Waals surface area contributed by atoms with E-state index in [-0.39, 0.29) is 6.03 Å². The number of para-hydroxylation sites is 2. The Morgan fingerprint density at radius 1 is 1.41 bits per heavy atom. The number of hydrogen-bond acceptors (Lipinski definition) is 3. The van der Waals surface area contributed by atoms with E-state index in [1.807, 2.05) is 24.3 Å². The van der Waals surface area contributed by atoms with Gasteiger partial charge in [0.05, 0.1) is 12.8 Å². The summed E-state index contributed by atoms with van der Waals surface area (Å²) in [6.07, 6.45) is 3.62. The maximum Gasteiger partial charge on any atom is 0.319 e. The zero-order chi connectivity index (χ0) is 15.8. The molecule has 0 unspecified atom stereocenters. The van der Waals surface area contributed by atoms with Crippen LogP contribution in [0, 0.1) is 5.92 Å². The van der Waals surface area contributed by atoms with Gasteiger partial charge in [0.15, 0.2) is 0 Å². The van der Waals surface area contributed by atoms with Crippen molar-refractivity contribution in [3.05, 3.63) is 24.3 Å². The van der Waals surface area contributed by atoms with E-state index < -0.39 is 0 Å². The smallest absolute Gasteiger partial charge is 0.319 e. The van der Waals surface area contributed by atoms with Crippen molar-refractivity contribution in [3.63, 3.8) is 0 Å². The van der Waals surface area contributed by atoms with Crippen LogP contribution in [0.4, 0.5) is 10.5 Å². The van der Waals surface area contributed by atoms with Crippen molar-refractivity contribution >= 4 is 11.7 Å². The third-order valence-corrected chi connectivity index (χ3v) is 4.03. The number of anilines is 1. The normalized spacial score (nSPS) is 18.7. The van der Waals surface area contributed by atoms with E-state index in [0.717, 1.165) is 18.9 Å². The Labute approximate surface area is 133 Å². The number of hydrogen-bond donors (Lipinski definition) is 2. The highest BCUT2D eigenvalue weighted by atomic mass is 16.5. The van der Waals surface area contributed by atoms with Crippen molar-refractivity contribution in [2.75, 3.05) is 38.6 Å². The topological polar surface area (TPSA) is 53.6 Å². The second-order valence-corrected chi connectivity index (χ2v) is 5.98. The van der Waals surface area contributed by atoms with Crippen LogP contribution in [-0.4, -0.2) is 44.2 Å². The van der Waals surface area contributed by atoms with Crippen LogP contribution < -0.4 is 15.4 Å². The molecular formula is C17H27N3O2. The Kier molecular flexibility index (Phi) is 6.52. The number of nitrogens with zero attached hydrogens (tertiary/aromatic N) is 1. The molecule has 1 saturated heterocycles. The number of carbonyl (C=O) groups excluding carboxylic acids is 1. The van der Waals surface area contributed by atoms with E-state index in [4.69, 9.17) is 4.74 Å². The summed E-state index contributed by atoms with van der Waals surface area (Å²) in [5.74, 6) is 1.47. The minimum absolute atomic E-state index is 0.184. The van der Waals surface area contributed by atoms with Crippen LogP contribution in [-0.2, 0) is 0 Å². The fraction of sp³-hybridized carbons (Fsp3) is 0.588. The molecule has 1 heterocycles. The molecule has 1 fully saturated rings. The third-order valence-electron chi connectivity index (χ3n) is 4.03. The number of amides is 2. The van der Waals surface area contributed by atoms with Crippen molar-refractivity contribution in [1.82, 2.24) is 10.2 Å². The molecule has 2 amide bonds. The van der Waals surface area contributed by atoms with Gasteiger partial charge in [-0.15, -0.1) is 0 Å². The minimum Gasteiger partial charge on any atom is -0.495 e. The molecule has 122 valence electrons. The van der Waals surface area contributed by atoms with Gasteiger partial charge < -0.3 is 20.3 Å². The number of likely N-dealkylation sites (tertiary alicyclic amines) is 1. The Hall–Kier alpha value is -1.75. The summed E-state index contributed by atoms with van der Waals surface area (Å²) < 4.78 is 5.21. The number of ether oxygens (including phenoxy) is 1. The Bertz CT molecular complexity index is 479. The summed E-state index contributed by atoms with van der Waals surface area (Å²) >= 11 is 0. The maximum absolute atomic E-state index is 11.9. The molecule has 0 spiro atoms. The SMILES string of the molecule is COc1ccccc1NC(=O)NCCCN1CCC[C@H](C)C1. The predicted octanol–water partition coefficient (Wildman–Crippen LogP) is 2.94. The molecule has 1 aliphatic rings. The van der Waals surface area contributed by atoms with Crippen molar-refractivity contribution < 1.29 is 9.53 Å². The highest BCUT2D eigenvalue weighted by molar-refractivity contribution is 5.90. The second-order valence-electron chi connectivity index (χ2n) is 5.98. The summed E-state index contributed by atoms with van der Waals surface area (Å²) in [5.41, 5.74) is 0.687. The molecule has 5 nitrogen and oxygen atoms in total. The van der Waals surface area contributed by atoms with Crippen LogP contribution in [0.2, 0.25) is 0 Å². The minimum atomic E-state index is -0.184. The van der Waals surface area contributed by atoms with Crippen molar-refractivity contribution in [1.29, 1.82) is 0 Å². The first kappa shape index (κ1) is 16.6. The molecule has 1 atom stereocenters. The van der Waals surface area contributed by atoms with Crippen LogP contribution in [0.15, 0.2) is 24.3 Å². The monoisotopic (exact) mass is 305 g/mol. The van der Waals surface area contributed by atoms with Crippen LogP contribution >= 0.6 is 0 Å². The predicted molar refractivity (Wildman–Crippen MR) is 89.5 cm³/mol. The molecule has 5 heteroatoms. The van der Waals surface area contributed by atoms with Gasteiger partial charge in [-0.2, -0.15) is 0 Å². The number of urea groups is 1. The van der Waals surface area contributed by atoms with Crippen LogP contribution in [0.3, 0.4) is 0 Å². The average molecular weight is 305 g/mol. The molecule has 0 bridgehead atoms. The summed E-state index contributed by atoms with van der Waals surface area (Å²) in [4.78, 5) is 14.4. The average Bonchev–Trinajstić information content (AvgIpc) is 2.52. The Balaban J connectivity index is 1.65. The first-order valence-corrected chi connectivity index (χ1v) is 8.09. The molecule has 0 radical (unpaired) electrons. The van der Waals surface area contributed by atoms with Crippen LogP contribution in [0.25, 0.3) is 0 Å². The zero-order valence-electron chi connectivity index (χ0n) is 13.6. The molecule has 22 heavy (non-hydrogen) atoms. The van der Waals surface area contributed by atoms with Crippen LogP contribution in [0.5, 0.6) is 5.75 Å². The fourth-order valence-corrected chi connectivity index (χ4v) is 2.91. The number of methoxy groups -OCH3 is 1. The van der Waals surface area contributed by atoms with E-state index in [0.29, 0.717) is 18.0 Å². The maximum atomic E-state index is 11.9. The first-order chi connectivity index (χ1) is 10.7. The summed E-state index contributed by atoms with van der Waals surface area (Å²) in [7, 11) is 1.60. The van der Waals surface area contributed by atoms with E-state index in [2.05, 4.69) is 22.5 Å². The van der Waals surface area contributed by atoms with Crippen molar-refractivity contribution in [2.24, 2.45) is 5.92 Å². The molecule has 1 aromatic carbocycles. The molecule has 0 aliphatic carbocycles. The van der Waals surface area contributed by atoms with Gasteiger partial charge in [0.25, 0.3) is 0 Å². The molecule has 2 N–H and O–H groups in total. The van der Waals surface area contributed by atoms with Gasteiger partial charge in [0.2, 0.25) is 0 Å². The van der Waals surface area contributed by atoms with E-state index in [9.17, 15) is 4.79 Å². The van der Waals surface area contributed by atoms with Crippen LogP contribution in [0.1, 0.15) is 26.2 Å². The molecule has 0 saturated carbocycles. The quantitative estimate of drug-likeness (QED) is 0.795. The number of benzene rings is 1. The van der Waals surface area contributed by atoms with Crippen molar-refractivity contribution in [3.8, 4) is 5.75 Å². The lowest BCUT2D eigenvalue weighted by Gasteiger charge is -2.30. The highest BCUT2D eigenvalue weighted by Crippen LogP contribution is 2.22. The lowest BCUT2D eigenvalue weighted by Crippen LogP contribution is -2.37. The van der Waals surface area contributed by atoms with Gasteiger partial charge in [-0.3, -0.25) is 0 Å². The molecule has 0 aromatic heterocycles. The summed E-state index contributed by atoms with van der Waals surface area (Å²) in [5, 5.41) is 5.72. The van der Waals surface area contributed by atoms with Gasteiger partial charge in [-0.05, 0) is 50.4 Å². The summed E-state index contributed by atoms with van der Waals surface area (Å²) in [6, 6.07) is 7.22. The lowest BCUT2D eigenvalue weighted by molar-refractivity contribution is 0.182. The highest BCUT2D eigenvalue weighted by Gasteiger charge is 2.15. The standard InChI is InChI=1S/C17H27N3O2/c1-14-7-5-11-20(13-14)12-6-10-18-17(21)19-15-8-3-4-9-16(15)22-2/h3-4,8-9,14H,5-7,10-13H2,1-2H3,(H2,18,19,21)/t14-/m0/s1. The van der Waals surface area contributed by atoms with Crippen molar-refractivity contribution in [2.45, 2.75) is 26.2 Å². The third kappa shape index (κ3) is 5.22. The number of carbonyl (C=O) groups is 1. The fourth-order valence-electron chi connectivity index (χ4n) is 2.91. The molecule has 1 aliphatic heterocycles. The second kappa shape index (κ2) is 8.63. The number of piperidine rings is 1. The number of nitrogens with one attached hydrogen (secondary N) is 2. The van der Waals surface area contributed by atoms with E-state index in [1.165, 1.54) is 25.9 Å². The summed E-state index contributed by atoms with van der Waals surface area (Å²) in [6.45, 7) is 6.43.